The van der Waals surface area contributed by atoms with Crippen molar-refractivity contribution in [1.82, 2.24) is 0 Å². The summed E-state index contributed by atoms with van der Waals surface area (Å²) in [6, 6.07) is 0. The molecule has 3 nitrogen and oxygen atoms in total. The van der Waals surface area contributed by atoms with E-state index in [0.717, 1.165) is 17.6 Å². The van der Waals surface area contributed by atoms with Crippen LogP contribution in [0.1, 0.15) is 13.8 Å². The first-order valence-electron chi connectivity index (χ1n) is 4.70. The summed E-state index contributed by atoms with van der Waals surface area (Å²) < 4.78 is 5.94. The van der Waals surface area contributed by atoms with Gasteiger partial charge in [-0.25, -0.2) is 4.79 Å². The minimum Gasteiger partial charge on any atom is -0.447 e. The van der Waals surface area contributed by atoms with Crippen molar-refractivity contribution in [3.8, 4) is 0 Å². The lowest BCUT2D eigenvalue weighted by Crippen LogP contribution is -2.67. The van der Waals surface area contributed by atoms with Crippen LogP contribution in [0.3, 0.4) is 0 Å². The summed E-state index contributed by atoms with van der Waals surface area (Å²) in [4.78, 5) is 11.2. The number of carbonyl (C=O) groups excluding carboxylic acids is 1. The van der Waals surface area contributed by atoms with Gasteiger partial charge in [-0.05, 0) is 6.92 Å². The Morgan fingerprint density at radius 3 is 2.50 bits per heavy atom. The Kier molecular flexibility index (Phi) is 3.22. The first-order valence-corrected chi connectivity index (χ1v) is 5.13. The monoisotopic (exact) mass is 218 g/mol. The van der Waals surface area contributed by atoms with Crippen molar-refractivity contribution in [2.45, 2.75) is 25.5 Å². The molecular formula is C10H17ClNO2+. The van der Waals surface area contributed by atoms with Gasteiger partial charge >= 0.3 is 5.97 Å². The van der Waals surface area contributed by atoms with Gasteiger partial charge in [0.05, 0.1) is 7.05 Å². The molecule has 0 radical (unpaired) electrons. The lowest BCUT2D eigenvalue weighted by molar-refractivity contribution is -0.963. The van der Waals surface area contributed by atoms with Gasteiger partial charge in [0.2, 0.25) is 0 Å². The van der Waals surface area contributed by atoms with Gasteiger partial charge in [0.1, 0.15) is 13.1 Å². The van der Waals surface area contributed by atoms with Crippen LogP contribution in [0.15, 0.2) is 12.2 Å². The Morgan fingerprint density at radius 1 is 1.64 bits per heavy atom. The summed E-state index contributed by atoms with van der Waals surface area (Å²) in [6.07, 6.45) is 0.00500. The van der Waals surface area contributed by atoms with Crippen LogP contribution in [0.4, 0.5) is 0 Å². The molecule has 80 valence electrons. The fourth-order valence-electron chi connectivity index (χ4n) is 1.49. The molecule has 1 heterocycles. The van der Waals surface area contributed by atoms with Crippen molar-refractivity contribution in [2.24, 2.45) is 0 Å². The van der Waals surface area contributed by atoms with Gasteiger partial charge in [-0.3, -0.25) is 0 Å². The van der Waals surface area contributed by atoms with Crippen molar-refractivity contribution in [2.75, 3.05) is 20.1 Å². The molecule has 0 bridgehead atoms. The van der Waals surface area contributed by atoms with Crippen molar-refractivity contribution in [3.05, 3.63) is 12.2 Å². The Morgan fingerprint density at radius 2 is 2.14 bits per heavy atom. The number of ether oxygens (including phenoxy) is 1. The van der Waals surface area contributed by atoms with E-state index in [1.54, 1.807) is 6.92 Å². The molecule has 0 spiro atoms. The summed E-state index contributed by atoms with van der Waals surface area (Å²) in [5, 5.41) is 0. The predicted molar refractivity (Wildman–Crippen MR) is 55.9 cm³/mol. The van der Waals surface area contributed by atoms with Crippen LogP contribution in [0.5, 0.6) is 0 Å². The van der Waals surface area contributed by atoms with Gasteiger partial charge in [0, 0.05) is 12.5 Å². The SMILES string of the molecule is C=C(C)C(=O)OC1C[N+](C)(C(C)Cl)C1. The maximum atomic E-state index is 11.2. The number of carbonyl (C=O) groups is 1. The van der Waals surface area contributed by atoms with E-state index in [-0.39, 0.29) is 17.6 Å². The molecule has 0 aromatic carbocycles. The first kappa shape index (κ1) is 11.5. The van der Waals surface area contributed by atoms with E-state index >= 15 is 0 Å². The van der Waals surface area contributed by atoms with Crippen molar-refractivity contribution < 1.29 is 14.0 Å². The van der Waals surface area contributed by atoms with Crippen LogP contribution < -0.4 is 0 Å². The molecule has 0 saturated carbocycles. The molecule has 1 fully saturated rings. The molecule has 14 heavy (non-hydrogen) atoms. The maximum absolute atomic E-state index is 11.2. The number of quaternary nitrogens is 1. The standard InChI is InChI=1S/C10H17ClNO2/c1-7(2)10(13)14-9-5-12(4,6-9)8(3)11/h8-9H,1,5-6H2,2-4H3/q+1. The Hall–Kier alpha value is -0.540. The average Bonchev–Trinajstić information content (AvgIpc) is 2.00. The third kappa shape index (κ3) is 2.28. The van der Waals surface area contributed by atoms with Gasteiger partial charge in [-0.15, -0.1) is 0 Å². The molecule has 1 aliphatic rings. The normalized spacial score (nSPS) is 33.0. The number of hydrogen-bond donors (Lipinski definition) is 0. The highest BCUT2D eigenvalue weighted by Crippen LogP contribution is 2.26. The lowest BCUT2D eigenvalue weighted by Gasteiger charge is -2.48. The van der Waals surface area contributed by atoms with Gasteiger partial charge in [0.15, 0.2) is 11.6 Å². The molecule has 0 aliphatic carbocycles. The summed E-state index contributed by atoms with van der Waals surface area (Å²) in [5.74, 6) is -0.302. The lowest BCUT2D eigenvalue weighted by atomic mass is 10.1. The zero-order chi connectivity index (χ0) is 10.9. The predicted octanol–water partition coefficient (Wildman–Crippen LogP) is 1.52. The second kappa shape index (κ2) is 3.91. The van der Waals surface area contributed by atoms with Gasteiger partial charge < -0.3 is 9.22 Å². The number of alkyl halides is 1. The van der Waals surface area contributed by atoms with Gasteiger partial charge in [-0.2, -0.15) is 0 Å². The summed E-state index contributed by atoms with van der Waals surface area (Å²) in [7, 11) is 2.06. The minimum atomic E-state index is -0.302. The van der Waals surface area contributed by atoms with Gasteiger partial charge in [0.25, 0.3) is 0 Å². The molecule has 1 atom stereocenters. The van der Waals surface area contributed by atoms with Gasteiger partial charge in [-0.1, -0.05) is 18.2 Å². The van der Waals surface area contributed by atoms with Crippen LogP contribution >= 0.6 is 11.6 Å². The summed E-state index contributed by atoms with van der Waals surface area (Å²) in [6.45, 7) is 8.73. The Labute approximate surface area is 89.9 Å². The largest absolute Gasteiger partial charge is 0.447 e. The molecule has 1 rings (SSSR count). The number of esters is 1. The van der Waals surface area contributed by atoms with E-state index in [2.05, 4.69) is 13.6 Å². The third-order valence-electron chi connectivity index (χ3n) is 2.72. The maximum Gasteiger partial charge on any atom is 0.333 e. The third-order valence-corrected chi connectivity index (χ3v) is 3.19. The highest BCUT2D eigenvalue weighted by atomic mass is 35.5. The highest BCUT2D eigenvalue weighted by molar-refractivity contribution is 6.19. The van der Waals surface area contributed by atoms with E-state index in [0.29, 0.717) is 5.57 Å². The minimum absolute atomic E-state index is 0.00500. The average molecular weight is 219 g/mol. The molecule has 1 unspecified atom stereocenters. The number of likely N-dealkylation sites (N-methyl/N-ethyl adjacent to an activating group) is 1. The van der Waals surface area contributed by atoms with Crippen LogP contribution in [0.25, 0.3) is 0 Å². The van der Waals surface area contributed by atoms with Crippen LogP contribution in [-0.2, 0) is 9.53 Å². The van der Waals surface area contributed by atoms with E-state index < -0.39 is 0 Å². The zero-order valence-electron chi connectivity index (χ0n) is 8.92. The van der Waals surface area contributed by atoms with Crippen LogP contribution in [0.2, 0.25) is 0 Å². The molecule has 0 aromatic heterocycles. The molecule has 1 aliphatic heterocycles. The van der Waals surface area contributed by atoms with Crippen LogP contribution in [-0.4, -0.2) is 42.2 Å². The van der Waals surface area contributed by atoms with E-state index in [1.807, 2.05) is 6.92 Å². The fourth-order valence-corrected chi connectivity index (χ4v) is 1.65. The number of halogens is 1. The van der Waals surface area contributed by atoms with Crippen LogP contribution in [0, 0.1) is 0 Å². The molecule has 4 heteroatoms. The molecule has 0 N–H and O–H groups in total. The second-order valence-corrected chi connectivity index (χ2v) is 4.86. The Balaban J connectivity index is 2.35. The fraction of sp³-hybridized carbons (Fsp3) is 0.700. The summed E-state index contributed by atoms with van der Waals surface area (Å²) in [5.41, 5.74) is 0.514. The Bertz CT molecular complexity index is 257. The zero-order valence-corrected chi connectivity index (χ0v) is 9.67. The second-order valence-electron chi connectivity index (χ2n) is 4.23. The first-order chi connectivity index (χ1) is 6.35. The van der Waals surface area contributed by atoms with E-state index in [4.69, 9.17) is 16.3 Å². The quantitative estimate of drug-likeness (QED) is 0.236. The molecule has 0 aromatic rings. The number of likely N-dealkylation sites (tertiary alicyclic amines) is 1. The van der Waals surface area contributed by atoms with E-state index in [9.17, 15) is 4.79 Å². The van der Waals surface area contributed by atoms with Crippen molar-refractivity contribution in [3.63, 3.8) is 0 Å². The number of rotatable bonds is 3. The molecule has 1 saturated heterocycles. The number of nitrogens with zero attached hydrogens (tertiary/aromatic N) is 1. The molecule has 0 amide bonds. The highest BCUT2D eigenvalue weighted by Gasteiger charge is 2.45. The van der Waals surface area contributed by atoms with E-state index in [1.165, 1.54) is 0 Å². The smallest absolute Gasteiger partial charge is 0.333 e. The topological polar surface area (TPSA) is 26.3 Å². The molecular weight excluding hydrogens is 202 g/mol. The summed E-state index contributed by atoms with van der Waals surface area (Å²) >= 11 is 6.00. The number of hydrogen-bond acceptors (Lipinski definition) is 2. The van der Waals surface area contributed by atoms with Crippen molar-refractivity contribution >= 4 is 17.6 Å². The van der Waals surface area contributed by atoms with Crippen molar-refractivity contribution in [1.29, 1.82) is 0 Å².